The number of benzene rings is 1. The summed E-state index contributed by atoms with van der Waals surface area (Å²) in [4.78, 5) is 34.3. The van der Waals surface area contributed by atoms with Crippen LogP contribution < -0.4 is 0 Å². The van der Waals surface area contributed by atoms with Crippen molar-refractivity contribution in [3.05, 3.63) is 57.8 Å². The number of carbonyl (C=O) groups excluding carboxylic acids is 2. The molecule has 0 saturated carbocycles. The van der Waals surface area contributed by atoms with E-state index >= 15 is 0 Å². The minimum absolute atomic E-state index is 0.0700. The zero-order valence-corrected chi connectivity index (χ0v) is 19.1. The van der Waals surface area contributed by atoms with Crippen molar-refractivity contribution in [2.45, 2.75) is 46.6 Å². The molecule has 1 atom stereocenters. The van der Waals surface area contributed by atoms with Crippen molar-refractivity contribution < 1.29 is 14.3 Å². The van der Waals surface area contributed by atoms with Crippen molar-refractivity contribution in [1.29, 1.82) is 0 Å². The number of allylic oxidation sites excluding steroid dienone is 1. The molecule has 2 heterocycles. The summed E-state index contributed by atoms with van der Waals surface area (Å²) in [6.07, 6.45) is 0.893. The Hall–Kier alpha value is -2.54. The van der Waals surface area contributed by atoms with Crippen LogP contribution in [-0.2, 0) is 14.3 Å². The Kier molecular flexibility index (Phi) is 7.02. The highest BCUT2D eigenvalue weighted by Crippen LogP contribution is 2.45. The van der Waals surface area contributed by atoms with E-state index in [1.807, 2.05) is 67.2 Å². The molecule has 1 unspecified atom stereocenters. The van der Waals surface area contributed by atoms with Crippen molar-refractivity contribution >= 4 is 28.8 Å². The van der Waals surface area contributed by atoms with E-state index in [1.54, 1.807) is 0 Å². The third-order valence-corrected chi connectivity index (χ3v) is 6.36. The number of methoxy groups -OCH3 is 1. The molecule has 0 N–H and O–H groups in total. The number of amidine groups is 1. The Bertz CT molecular complexity index is 914. The minimum atomic E-state index is -0.383. The summed E-state index contributed by atoms with van der Waals surface area (Å²) in [5.41, 5.74) is 4.25. The molecule has 0 bridgehead atoms. The second kappa shape index (κ2) is 9.51. The summed E-state index contributed by atoms with van der Waals surface area (Å²) >= 11 is 1.50. The van der Waals surface area contributed by atoms with Gasteiger partial charge in [0.1, 0.15) is 0 Å². The van der Waals surface area contributed by atoms with Crippen LogP contribution in [-0.4, -0.2) is 47.0 Å². The van der Waals surface area contributed by atoms with Gasteiger partial charge in [0, 0.05) is 18.8 Å². The second-order valence-corrected chi connectivity index (χ2v) is 8.09. The summed E-state index contributed by atoms with van der Waals surface area (Å²) in [6, 6.07) is 7.77. The molecule has 3 rings (SSSR count). The van der Waals surface area contributed by atoms with Crippen LogP contribution in [0.1, 0.15) is 50.8 Å². The van der Waals surface area contributed by atoms with Gasteiger partial charge in [-0.1, -0.05) is 48.5 Å². The molecule has 2 aliphatic heterocycles. The van der Waals surface area contributed by atoms with Gasteiger partial charge in [0.15, 0.2) is 5.17 Å². The van der Waals surface area contributed by atoms with Gasteiger partial charge in [-0.3, -0.25) is 4.79 Å². The molecule has 1 aromatic carbocycles. The number of thioether (sulfide) groups is 1. The number of esters is 1. The third kappa shape index (κ3) is 4.17. The summed E-state index contributed by atoms with van der Waals surface area (Å²) in [5, 5.41) is 2.78. The van der Waals surface area contributed by atoms with Crippen molar-refractivity contribution in [1.82, 2.24) is 9.80 Å². The maximum atomic E-state index is 12.8. The predicted octanol–water partition coefficient (Wildman–Crippen LogP) is 4.39. The molecule has 0 radical (unpaired) electrons. The molecular weight excluding hydrogens is 398 g/mol. The highest BCUT2D eigenvalue weighted by Gasteiger charge is 2.41. The van der Waals surface area contributed by atoms with E-state index in [9.17, 15) is 9.59 Å². The number of ether oxygens (including phenoxy) is 1. The van der Waals surface area contributed by atoms with Gasteiger partial charge in [-0.15, -0.1) is 0 Å². The Morgan fingerprint density at radius 3 is 2.40 bits per heavy atom. The van der Waals surface area contributed by atoms with Gasteiger partial charge in [0.05, 0.1) is 30.8 Å². The summed E-state index contributed by atoms with van der Waals surface area (Å²) in [5.74, 6) is -0.313. The quantitative estimate of drug-likeness (QED) is 0.604. The topological polar surface area (TPSA) is 62.2 Å². The van der Waals surface area contributed by atoms with E-state index in [0.29, 0.717) is 25.1 Å². The average Bonchev–Trinajstić information content (AvgIpc) is 3.15. The fraction of sp³-hybridized carbons (Fsp3) is 0.435. The first-order chi connectivity index (χ1) is 14.4. The SMILES string of the molecule is CCC1=C(C(=O)OC)C(c2ccc(C)cc2)N2C(CC(=O)N(CC)CC)=CSC2=N1. The van der Waals surface area contributed by atoms with Crippen LogP contribution in [0.3, 0.4) is 0 Å². The Morgan fingerprint density at radius 2 is 1.83 bits per heavy atom. The lowest BCUT2D eigenvalue weighted by atomic mass is 9.92. The van der Waals surface area contributed by atoms with Gasteiger partial charge in [-0.05, 0) is 38.2 Å². The molecule has 160 valence electrons. The van der Waals surface area contributed by atoms with Gasteiger partial charge in [-0.2, -0.15) is 0 Å². The Balaban J connectivity index is 2.06. The molecule has 6 nitrogen and oxygen atoms in total. The summed E-state index contributed by atoms with van der Waals surface area (Å²) in [7, 11) is 1.40. The molecule has 1 aromatic rings. The number of hydrogen-bond acceptors (Lipinski definition) is 6. The molecule has 0 aromatic heterocycles. The fourth-order valence-electron chi connectivity index (χ4n) is 3.82. The lowest BCUT2D eigenvalue weighted by Gasteiger charge is -2.37. The molecule has 1 amide bonds. The molecular formula is C23H29N3O3S. The zero-order valence-electron chi connectivity index (χ0n) is 18.3. The lowest BCUT2D eigenvalue weighted by Crippen LogP contribution is -2.38. The van der Waals surface area contributed by atoms with Crippen LogP contribution in [0, 0.1) is 6.92 Å². The van der Waals surface area contributed by atoms with Gasteiger partial charge in [0.2, 0.25) is 5.91 Å². The second-order valence-electron chi connectivity index (χ2n) is 7.25. The van der Waals surface area contributed by atoms with Crippen LogP contribution in [0.5, 0.6) is 0 Å². The van der Waals surface area contributed by atoms with E-state index in [2.05, 4.69) is 0 Å². The van der Waals surface area contributed by atoms with Crippen molar-refractivity contribution in [3.63, 3.8) is 0 Å². The summed E-state index contributed by atoms with van der Waals surface area (Å²) in [6.45, 7) is 9.33. The number of fused-ring (bicyclic) bond motifs is 1. The largest absolute Gasteiger partial charge is 0.466 e. The average molecular weight is 428 g/mol. The number of nitrogens with zero attached hydrogens (tertiary/aromatic N) is 3. The predicted molar refractivity (Wildman–Crippen MR) is 121 cm³/mol. The van der Waals surface area contributed by atoms with Crippen LogP contribution >= 0.6 is 11.8 Å². The highest BCUT2D eigenvalue weighted by molar-refractivity contribution is 8.16. The van der Waals surface area contributed by atoms with Gasteiger partial charge >= 0.3 is 5.97 Å². The lowest BCUT2D eigenvalue weighted by molar-refractivity contribution is -0.136. The third-order valence-electron chi connectivity index (χ3n) is 5.47. The van der Waals surface area contributed by atoms with E-state index in [0.717, 1.165) is 27.7 Å². The molecule has 0 spiro atoms. The highest BCUT2D eigenvalue weighted by atomic mass is 32.2. The van der Waals surface area contributed by atoms with E-state index in [1.165, 1.54) is 18.9 Å². The van der Waals surface area contributed by atoms with Crippen molar-refractivity contribution in [3.8, 4) is 0 Å². The van der Waals surface area contributed by atoms with Crippen molar-refractivity contribution in [2.24, 2.45) is 4.99 Å². The maximum Gasteiger partial charge on any atom is 0.338 e. The summed E-state index contributed by atoms with van der Waals surface area (Å²) < 4.78 is 5.14. The standard InChI is InChI=1S/C23H29N3O3S/c1-6-18-20(22(28)29-5)21(16-11-9-15(4)10-12-16)26-17(14-30-23(26)24-18)13-19(27)25(7-2)8-3/h9-12,14,21H,6-8,13H2,1-5H3. The van der Waals surface area contributed by atoms with Gasteiger partial charge in [-0.25, -0.2) is 9.79 Å². The van der Waals surface area contributed by atoms with Crippen LogP contribution in [0.4, 0.5) is 0 Å². The molecule has 2 aliphatic rings. The molecule has 0 saturated heterocycles. The van der Waals surface area contributed by atoms with Crippen molar-refractivity contribution in [2.75, 3.05) is 20.2 Å². The molecule has 0 aliphatic carbocycles. The van der Waals surface area contributed by atoms with Crippen LogP contribution in [0.15, 0.2) is 51.6 Å². The number of carbonyl (C=O) groups is 2. The van der Waals surface area contributed by atoms with Crippen LogP contribution in [0.2, 0.25) is 0 Å². The number of aliphatic imine (C=N–C) groups is 1. The molecule has 30 heavy (non-hydrogen) atoms. The zero-order chi connectivity index (χ0) is 21.8. The van der Waals surface area contributed by atoms with Crippen LogP contribution in [0.25, 0.3) is 0 Å². The number of aryl methyl sites for hydroxylation is 1. The first-order valence-electron chi connectivity index (χ1n) is 10.3. The minimum Gasteiger partial charge on any atom is -0.466 e. The number of amides is 1. The Labute approximate surface area is 182 Å². The van der Waals surface area contributed by atoms with Gasteiger partial charge < -0.3 is 14.5 Å². The molecule has 0 fully saturated rings. The number of hydrogen-bond donors (Lipinski definition) is 0. The van der Waals surface area contributed by atoms with E-state index in [-0.39, 0.29) is 24.3 Å². The molecule has 7 heteroatoms. The van der Waals surface area contributed by atoms with E-state index in [4.69, 9.17) is 9.73 Å². The first kappa shape index (κ1) is 22.2. The van der Waals surface area contributed by atoms with Gasteiger partial charge in [0.25, 0.3) is 0 Å². The normalized spacial score (nSPS) is 18.0. The smallest absolute Gasteiger partial charge is 0.338 e. The maximum absolute atomic E-state index is 12.8. The number of rotatable bonds is 7. The monoisotopic (exact) mass is 427 g/mol. The first-order valence-corrected chi connectivity index (χ1v) is 11.2. The fourth-order valence-corrected chi connectivity index (χ4v) is 4.76. The Morgan fingerprint density at radius 1 is 1.17 bits per heavy atom. The van der Waals surface area contributed by atoms with E-state index < -0.39 is 0 Å².